The van der Waals surface area contributed by atoms with E-state index >= 15 is 0 Å². The molecule has 2 fully saturated rings. The summed E-state index contributed by atoms with van der Waals surface area (Å²) in [5.74, 6) is 2.47. The van der Waals surface area contributed by atoms with E-state index in [1.54, 1.807) is 7.11 Å². The van der Waals surface area contributed by atoms with Gasteiger partial charge in [0, 0.05) is 39.3 Å². The molecule has 2 unspecified atom stereocenters. The highest BCUT2D eigenvalue weighted by molar-refractivity contribution is 14.0. The molecule has 1 aromatic rings. The first kappa shape index (κ1) is 24.7. The van der Waals surface area contributed by atoms with Crippen molar-refractivity contribution in [3.05, 3.63) is 24.3 Å². The van der Waals surface area contributed by atoms with Crippen LogP contribution in [0.5, 0.6) is 5.75 Å². The van der Waals surface area contributed by atoms with Crippen LogP contribution in [0, 0.1) is 5.92 Å². The number of methoxy groups -OCH3 is 1. The number of piperazine rings is 1. The molecule has 178 valence electrons. The van der Waals surface area contributed by atoms with Gasteiger partial charge in [-0.05, 0) is 45.2 Å². The number of hydrogen-bond donors (Lipinski definition) is 1. The lowest BCUT2D eigenvalue weighted by Gasteiger charge is -2.39. The number of carbonyl (C=O) groups excluding carboxylic acids is 1. The number of ether oxygens (including phenoxy) is 2. The van der Waals surface area contributed by atoms with Gasteiger partial charge in [-0.3, -0.25) is 4.99 Å². The van der Waals surface area contributed by atoms with Crippen LogP contribution in [0.15, 0.2) is 29.3 Å². The third-order valence-corrected chi connectivity index (χ3v) is 6.12. The van der Waals surface area contributed by atoms with E-state index in [-0.39, 0.29) is 36.1 Å². The van der Waals surface area contributed by atoms with Gasteiger partial charge in [-0.25, -0.2) is 4.79 Å². The number of amides is 1. The Morgan fingerprint density at radius 2 is 1.97 bits per heavy atom. The van der Waals surface area contributed by atoms with Crippen LogP contribution >= 0.6 is 24.0 Å². The van der Waals surface area contributed by atoms with Crippen molar-refractivity contribution in [2.24, 2.45) is 10.9 Å². The fourth-order valence-electron chi connectivity index (χ4n) is 4.57. The number of para-hydroxylation sites is 2. The number of guanidine groups is 1. The molecule has 3 aliphatic heterocycles. The molecule has 0 saturated carbocycles. The summed E-state index contributed by atoms with van der Waals surface area (Å²) >= 11 is 0. The van der Waals surface area contributed by atoms with Gasteiger partial charge < -0.3 is 29.5 Å². The summed E-state index contributed by atoms with van der Waals surface area (Å²) in [6.45, 7) is 11.5. The summed E-state index contributed by atoms with van der Waals surface area (Å²) in [5, 5.41) is 3.59. The van der Waals surface area contributed by atoms with Crippen molar-refractivity contribution in [3.8, 4) is 5.75 Å². The van der Waals surface area contributed by atoms with E-state index in [4.69, 9.17) is 14.5 Å². The summed E-state index contributed by atoms with van der Waals surface area (Å²) in [4.78, 5) is 23.7. The van der Waals surface area contributed by atoms with E-state index in [9.17, 15) is 4.79 Å². The van der Waals surface area contributed by atoms with Gasteiger partial charge in [0.25, 0.3) is 0 Å². The number of anilines is 1. The standard InChI is InChI=1S/C23H35N5O3.HI/c1-23(2,3)31-22(29)27-11-12-28-18(16-27)14-25-21(28)24-13-17-9-10-26(15-17)19-7-5-6-8-20(19)30-4;/h5-8,17-18H,9-16H2,1-4H3,(H,24,25);1H. The maximum Gasteiger partial charge on any atom is 0.410 e. The maximum absolute atomic E-state index is 12.4. The van der Waals surface area contributed by atoms with Gasteiger partial charge in [-0.1, -0.05) is 12.1 Å². The van der Waals surface area contributed by atoms with Crippen molar-refractivity contribution in [3.63, 3.8) is 0 Å². The van der Waals surface area contributed by atoms with E-state index in [2.05, 4.69) is 27.2 Å². The van der Waals surface area contributed by atoms with E-state index in [1.165, 1.54) is 5.69 Å². The minimum Gasteiger partial charge on any atom is -0.495 e. The second kappa shape index (κ2) is 10.4. The van der Waals surface area contributed by atoms with Crippen molar-refractivity contribution < 1.29 is 14.3 Å². The monoisotopic (exact) mass is 557 g/mol. The molecule has 2 saturated heterocycles. The predicted molar refractivity (Wildman–Crippen MR) is 137 cm³/mol. The highest BCUT2D eigenvalue weighted by Gasteiger charge is 2.36. The van der Waals surface area contributed by atoms with Crippen LogP contribution in [0.25, 0.3) is 0 Å². The topological polar surface area (TPSA) is 69.6 Å². The summed E-state index contributed by atoms with van der Waals surface area (Å²) in [6, 6.07) is 8.45. The molecule has 8 nitrogen and oxygen atoms in total. The smallest absolute Gasteiger partial charge is 0.410 e. The fourth-order valence-corrected chi connectivity index (χ4v) is 4.57. The molecule has 0 radical (unpaired) electrons. The molecule has 1 aromatic carbocycles. The zero-order valence-corrected chi connectivity index (χ0v) is 21.9. The van der Waals surface area contributed by atoms with Crippen LogP contribution in [0.2, 0.25) is 0 Å². The number of carbonyl (C=O) groups is 1. The Morgan fingerprint density at radius 3 is 2.72 bits per heavy atom. The van der Waals surface area contributed by atoms with Gasteiger partial charge >= 0.3 is 6.09 Å². The quantitative estimate of drug-likeness (QED) is 0.575. The normalized spacial score (nSPS) is 22.8. The molecule has 1 N–H and O–H groups in total. The van der Waals surface area contributed by atoms with Gasteiger partial charge in [0.2, 0.25) is 0 Å². The second-order valence-corrected chi connectivity index (χ2v) is 9.59. The van der Waals surface area contributed by atoms with Gasteiger partial charge in [0.1, 0.15) is 11.4 Å². The Labute approximate surface area is 208 Å². The number of nitrogens with zero attached hydrogens (tertiary/aromatic N) is 4. The Hall–Kier alpha value is -1.91. The van der Waals surface area contributed by atoms with E-state index in [0.717, 1.165) is 50.9 Å². The molecule has 0 aliphatic carbocycles. The Morgan fingerprint density at radius 1 is 1.19 bits per heavy atom. The molecular formula is C23H36IN5O3. The van der Waals surface area contributed by atoms with Crippen molar-refractivity contribution in [1.29, 1.82) is 0 Å². The summed E-state index contributed by atoms with van der Waals surface area (Å²) in [7, 11) is 1.73. The highest BCUT2D eigenvalue weighted by atomic mass is 127. The summed E-state index contributed by atoms with van der Waals surface area (Å²) in [6.07, 6.45) is 0.921. The van der Waals surface area contributed by atoms with E-state index < -0.39 is 5.60 Å². The minimum atomic E-state index is -0.466. The van der Waals surface area contributed by atoms with Crippen molar-refractivity contribution >= 4 is 41.7 Å². The molecule has 1 amide bonds. The number of halogens is 1. The minimum absolute atomic E-state index is 0. The molecule has 0 aromatic heterocycles. The second-order valence-electron chi connectivity index (χ2n) is 9.59. The lowest BCUT2D eigenvalue weighted by molar-refractivity contribution is 0.0137. The zero-order chi connectivity index (χ0) is 22.0. The van der Waals surface area contributed by atoms with Crippen LogP contribution in [0.1, 0.15) is 27.2 Å². The van der Waals surface area contributed by atoms with Gasteiger partial charge in [-0.15, -0.1) is 24.0 Å². The SMILES string of the molecule is COc1ccccc1N1CCC(CNC2=NCC3CN(C(=O)OC(C)(C)C)CCN23)C1.I. The molecule has 3 aliphatic rings. The molecule has 9 heteroatoms. The number of fused-ring (bicyclic) bond motifs is 1. The number of aliphatic imine (C=N–C) groups is 1. The molecule has 0 bridgehead atoms. The number of nitrogens with one attached hydrogen (secondary N) is 1. The molecule has 2 atom stereocenters. The van der Waals surface area contributed by atoms with Crippen LogP contribution in [-0.2, 0) is 4.74 Å². The van der Waals surface area contributed by atoms with Gasteiger partial charge in [0.15, 0.2) is 5.96 Å². The Balaban J connectivity index is 0.00000289. The maximum atomic E-state index is 12.4. The van der Waals surface area contributed by atoms with Crippen molar-refractivity contribution in [2.45, 2.75) is 38.8 Å². The summed E-state index contributed by atoms with van der Waals surface area (Å²) in [5.41, 5.74) is 0.704. The number of benzene rings is 1. The molecular weight excluding hydrogens is 521 g/mol. The van der Waals surface area contributed by atoms with Gasteiger partial charge in [0.05, 0.1) is 25.4 Å². The van der Waals surface area contributed by atoms with Crippen LogP contribution in [0.4, 0.5) is 10.5 Å². The van der Waals surface area contributed by atoms with Crippen LogP contribution in [-0.4, -0.2) is 86.4 Å². The number of rotatable bonds is 4. The fraction of sp³-hybridized carbons (Fsp3) is 0.652. The highest BCUT2D eigenvalue weighted by Crippen LogP contribution is 2.31. The zero-order valence-electron chi connectivity index (χ0n) is 19.5. The van der Waals surface area contributed by atoms with Crippen molar-refractivity contribution in [2.75, 3.05) is 57.8 Å². The molecule has 4 rings (SSSR count). The lowest BCUT2D eigenvalue weighted by Crippen LogP contribution is -2.57. The van der Waals surface area contributed by atoms with Crippen LogP contribution < -0.4 is 15.0 Å². The summed E-state index contributed by atoms with van der Waals surface area (Å²) < 4.78 is 11.1. The van der Waals surface area contributed by atoms with Crippen molar-refractivity contribution in [1.82, 2.24) is 15.1 Å². The molecule has 3 heterocycles. The first-order valence-electron chi connectivity index (χ1n) is 11.2. The lowest BCUT2D eigenvalue weighted by atomic mass is 10.1. The first-order valence-corrected chi connectivity index (χ1v) is 11.2. The van der Waals surface area contributed by atoms with E-state index in [0.29, 0.717) is 19.0 Å². The van der Waals surface area contributed by atoms with E-state index in [1.807, 2.05) is 37.8 Å². The predicted octanol–water partition coefficient (Wildman–Crippen LogP) is 3.02. The average Bonchev–Trinajstić information content (AvgIpc) is 3.37. The largest absolute Gasteiger partial charge is 0.495 e. The Bertz CT molecular complexity index is 828. The average molecular weight is 557 g/mol. The van der Waals surface area contributed by atoms with Gasteiger partial charge in [-0.2, -0.15) is 0 Å². The molecule has 0 spiro atoms. The first-order chi connectivity index (χ1) is 14.8. The Kier molecular flexibility index (Phi) is 8.00. The number of hydrogen-bond acceptors (Lipinski definition) is 7. The third kappa shape index (κ3) is 5.71. The molecule has 32 heavy (non-hydrogen) atoms. The van der Waals surface area contributed by atoms with Crippen LogP contribution in [0.3, 0.4) is 0 Å². The third-order valence-electron chi connectivity index (χ3n) is 6.12.